The van der Waals surface area contributed by atoms with Gasteiger partial charge in [-0.3, -0.25) is 4.79 Å². The highest BCUT2D eigenvalue weighted by Gasteiger charge is 2.22. The summed E-state index contributed by atoms with van der Waals surface area (Å²) in [6.45, 7) is 0. The molecular weight excluding hydrogens is 270 g/mol. The lowest BCUT2D eigenvalue weighted by molar-refractivity contribution is -0.121. The fourth-order valence-electron chi connectivity index (χ4n) is 2.74. The molecule has 0 aliphatic heterocycles. The first-order chi connectivity index (χ1) is 9.71. The zero-order valence-electron chi connectivity index (χ0n) is 12.2. The van der Waals surface area contributed by atoms with E-state index in [-0.39, 0.29) is 5.91 Å². The first-order valence-corrected chi connectivity index (χ1v) is 8.45. The molecule has 1 fully saturated rings. The number of benzene rings is 1. The summed E-state index contributed by atoms with van der Waals surface area (Å²) < 4.78 is 5.18. The molecule has 0 heterocycles. The molecule has 1 aromatic rings. The molecular formula is C16H23NO2S. The summed E-state index contributed by atoms with van der Waals surface area (Å²) in [7, 11) is 1.64. The smallest absolute Gasteiger partial charge is 0.224 e. The van der Waals surface area contributed by atoms with E-state index in [1.54, 1.807) is 7.11 Å². The van der Waals surface area contributed by atoms with Crippen molar-refractivity contribution < 1.29 is 9.53 Å². The van der Waals surface area contributed by atoms with E-state index in [0.717, 1.165) is 24.2 Å². The van der Waals surface area contributed by atoms with Gasteiger partial charge in [0.25, 0.3) is 0 Å². The number of hydrogen-bond donors (Lipinski definition) is 1. The number of thioether (sulfide) groups is 1. The van der Waals surface area contributed by atoms with Crippen molar-refractivity contribution in [3.8, 4) is 5.75 Å². The number of amides is 1. The molecule has 0 saturated heterocycles. The second-order valence-electron chi connectivity index (χ2n) is 5.32. The third kappa shape index (κ3) is 4.44. The summed E-state index contributed by atoms with van der Waals surface area (Å²) in [6.07, 6.45) is 7.30. The van der Waals surface area contributed by atoms with E-state index < -0.39 is 0 Å². The quantitative estimate of drug-likeness (QED) is 0.907. The van der Waals surface area contributed by atoms with Gasteiger partial charge in [-0.1, -0.05) is 18.6 Å². The number of nitrogens with one attached hydrogen (secondary N) is 1. The van der Waals surface area contributed by atoms with E-state index >= 15 is 0 Å². The normalized spacial score (nSPS) is 22.3. The van der Waals surface area contributed by atoms with Crippen LogP contribution in [0.1, 0.15) is 31.2 Å². The van der Waals surface area contributed by atoms with Crippen LogP contribution in [0.3, 0.4) is 0 Å². The lowest BCUT2D eigenvalue weighted by Gasteiger charge is -2.28. The number of carbonyl (C=O) groups excluding carboxylic acids is 1. The zero-order valence-corrected chi connectivity index (χ0v) is 13.0. The number of carbonyl (C=O) groups is 1. The molecule has 1 aromatic carbocycles. The van der Waals surface area contributed by atoms with Gasteiger partial charge in [-0.2, -0.15) is 11.8 Å². The predicted molar refractivity (Wildman–Crippen MR) is 84.4 cm³/mol. The molecule has 3 nitrogen and oxygen atoms in total. The fourth-order valence-corrected chi connectivity index (χ4v) is 3.56. The van der Waals surface area contributed by atoms with Crippen LogP contribution in [0.15, 0.2) is 24.3 Å². The number of ether oxygens (including phenoxy) is 1. The van der Waals surface area contributed by atoms with Gasteiger partial charge < -0.3 is 10.1 Å². The summed E-state index contributed by atoms with van der Waals surface area (Å²) >= 11 is 1.92. The summed E-state index contributed by atoms with van der Waals surface area (Å²) in [5.74, 6) is 0.917. The SMILES string of the molecule is COc1cccc(CC(=O)NC2CCCC(SC)C2)c1. The summed E-state index contributed by atoms with van der Waals surface area (Å²) in [5.41, 5.74) is 0.999. The molecule has 0 radical (unpaired) electrons. The maximum atomic E-state index is 12.1. The monoisotopic (exact) mass is 293 g/mol. The molecule has 1 aliphatic rings. The van der Waals surface area contributed by atoms with Crippen molar-refractivity contribution >= 4 is 17.7 Å². The maximum Gasteiger partial charge on any atom is 0.224 e. The molecule has 0 aromatic heterocycles. The van der Waals surface area contributed by atoms with E-state index in [1.807, 2.05) is 36.0 Å². The molecule has 1 aliphatic carbocycles. The topological polar surface area (TPSA) is 38.3 Å². The van der Waals surface area contributed by atoms with Crippen LogP contribution in [0.2, 0.25) is 0 Å². The van der Waals surface area contributed by atoms with Crippen LogP contribution in [0.4, 0.5) is 0 Å². The van der Waals surface area contributed by atoms with Crippen LogP contribution in [0.5, 0.6) is 5.75 Å². The fraction of sp³-hybridized carbons (Fsp3) is 0.562. The minimum absolute atomic E-state index is 0.116. The van der Waals surface area contributed by atoms with Crippen molar-refractivity contribution in [2.75, 3.05) is 13.4 Å². The lowest BCUT2D eigenvalue weighted by atomic mass is 9.94. The van der Waals surface area contributed by atoms with Gasteiger partial charge in [0.05, 0.1) is 13.5 Å². The van der Waals surface area contributed by atoms with Gasteiger partial charge in [-0.15, -0.1) is 0 Å². The van der Waals surface area contributed by atoms with Crippen molar-refractivity contribution in [2.45, 2.75) is 43.4 Å². The van der Waals surface area contributed by atoms with Gasteiger partial charge in [0.1, 0.15) is 5.75 Å². The molecule has 20 heavy (non-hydrogen) atoms. The highest BCUT2D eigenvalue weighted by molar-refractivity contribution is 7.99. The van der Waals surface area contributed by atoms with Crippen LogP contribution in [-0.2, 0) is 11.2 Å². The standard InChI is InChI=1S/C16H23NO2S/c1-19-14-7-3-5-12(9-14)10-16(18)17-13-6-4-8-15(11-13)20-2/h3,5,7,9,13,15H,4,6,8,10-11H2,1-2H3,(H,17,18). The Bertz CT molecular complexity index is 450. The van der Waals surface area contributed by atoms with Crippen molar-refractivity contribution in [2.24, 2.45) is 0 Å². The highest BCUT2D eigenvalue weighted by atomic mass is 32.2. The van der Waals surface area contributed by atoms with Gasteiger partial charge >= 0.3 is 0 Å². The Balaban J connectivity index is 1.85. The third-order valence-corrected chi connectivity index (χ3v) is 4.92. The van der Waals surface area contributed by atoms with Gasteiger partial charge in [0, 0.05) is 11.3 Å². The molecule has 2 rings (SSSR count). The molecule has 0 spiro atoms. The first-order valence-electron chi connectivity index (χ1n) is 7.16. The Hall–Kier alpha value is -1.16. The van der Waals surface area contributed by atoms with Crippen molar-refractivity contribution in [1.82, 2.24) is 5.32 Å². The van der Waals surface area contributed by atoms with Crippen molar-refractivity contribution in [1.29, 1.82) is 0 Å². The van der Waals surface area contributed by atoms with Crippen molar-refractivity contribution in [3.05, 3.63) is 29.8 Å². The minimum atomic E-state index is 0.116. The van der Waals surface area contributed by atoms with Crippen LogP contribution in [0, 0.1) is 0 Å². The predicted octanol–water partition coefficient (Wildman–Crippen LogP) is 3.03. The Kier molecular flexibility index (Phi) is 5.77. The van der Waals surface area contributed by atoms with Gasteiger partial charge in [0.2, 0.25) is 5.91 Å². The zero-order chi connectivity index (χ0) is 14.4. The average Bonchev–Trinajstić information content (AvgIpc) is 2.47. The second-order valence-corrected chi connectivity index (χ2v) is 6.46. The second kappa shape index (κ2) is 7.58. The van der Waals surface area contributed by atoms with Gasteiger partial charge in [-0.05, 0) is 43.2 Å². The largest absolute Gasteiger partial charge is 0.497 e. The third-order valence-electron chi connectivity index (χ3n) is 3.82. The molecule has 2 unspecified atom stereocenters. The summed E-state index contributed by atoms with van der Waals surface area (Å²) in [4.78, 5) is 12.1. The Morgan fingerprint density at radius 1 is 1.45 bits per heavy atom. The molecule has 110 valence electrons. The average molecular weight is 293 g/mol. The Morgan fingerprint density at radius 2 is 2.30 bits per heavy atom. The van der Waals surface area contributed by atoms with E-state index in [9.17, 15) is 4.79 Å². The van der Waals surface area contributed by atoms with Crippen LogP contribution >= 0.6 is 11.8 Å². The van der Waals surface area contributed by atoms with Crippen molar-refractivity contribution in [3.63, 3.8) is 0 Å². The molecule has 4 heteroatoms. The number of methoxy groups -OCH3 is 1. The summed E-state index contributed by atoms with van der Waals surface area (Å²) in [6, 6.07) is 8.05. The number of hydrogen-bond acceptors (Lipinski definition) is 3. The Morgan fingerprint density at radius 3 is 3.05 bits per heavy atom. The molecule has 1 saturated carbocycles. The first kappa shape index (κ1) is 15.2. The van der Waals surface area contributed by atoms with E-state index in [4.69, 9.17) is 4.74 Å². The number of rotatable bonds is 5. The van der Waals surface area contributed by atoms with E-state index in [2.05, 4.69) is 11.6 Å². The van der Waals surface area contributed by atoms with E-state index in [1.165, 1.54) is 12.8 Å². The lowest BCUT2D eigenvalue weighted by Crippen LogP contribution is -2.39. The van der Waals surface area contributed by atoms with E-state index in [0.29, 0.717) is 17.7 Å². The molecule has 1 N–H and O–H groups in total. The molecule has 2 atom stereocenters. The molecule has 1 amide bonds. The Labute approximate surface area is 125 Å². The van der Waals surface area contributed by atoms with Gasteiger partial charge in [-0.25, -0.2) is 0 Å². The minimum Gasteiger partial charge on any atom is -0.497 e. The van der Waals surface area contributed by atoms with Gasteiger partial charge in [0.15, 0.2) is 0 Å². The maximum absolute atomic E-state index is 12.1. The van der Waals surface area contributed by atoms with Crippen LogP contribution in [-0.4, -0.2) is 30.6 Å². The highest BCUT2D eigenvalue weighted by Crippen LogP contribution is 2.26. The van der Waals surface area contributed by atoms with Crippen LogP contribution in [0.25, 0.3) is 0 Å². The molecule has 0 bridgehead atoms. The summed E-state index contributed by atoms with van der Waals surface area (Å²) in [5, 5.41) is 3.88. The van der Waals surface area contributed by atoms with Crippen LogP contribution < -0.4 is 10.1 Å².